The predicted molar refractivity (Wildman–Crippen MR) is 151 cm³/mol. The Morgan fingerprint density at radius 2 is 1.54 bits per heavy atom. The number of nitrogens with one attached hydrogen (secondary N) is 1. The molecule has 3 heterocycles. The number of amides is 1. The van der Waals surface area contributed by atoms with Crippen LogP contribution >= 0.6 is 22.7 Å². The summed E-state index contributed by atoms with van der Waals surface area (Å²) >= 11 is 2.74. The average Bonchev–Trinajstić information content (AvgIpc) is 3.76. The monoisotopic (exact) mass is 570 g/mol. The molecule has 0 atom stereocenters. The topological polar surface area (TPSA) is 115 Å². The molecular formula is C28H18N4O4S3. The zero-order valence-corrected chi connectivity index (χ0v) is 22.5. The maximum absolute atomic E-state index is 12.8. The first kappa shape index (κ1) is 24.9. The molecule has 0 fully saturated rings. The van der Waals surface area contributed by atoms with Gasteiger partial charge in [0.15, 0.2) is 0 Å². The van der Waals surface area contributed by atoms with Gasteiger partial charge in [0.25, 0.3) is 21.8 Å². The first-order valence-corrected chi connectivity index (χ1v) is 14.9. The molecule has 0 unspecified atom stereocenters. The minimum Gasteiger partial charge on any atom is -0.334 e. The Bertz CT molecular complexity index is 1860. The van der Waals surface area contributed by atoms with Gasteiger partial charge < -0.3 is 4.52 Å². The predicted octanol–water partition coefficient (Wildman–Crippen LogP) is 6.37. The van der Waals surface area contributed by atoms with Gasteiger partial charge in [-0.15, -0.1) is 22.7 Å². The van der Waals surface area contributed by atoms with Crippen LogP contribution in [0.2, 0.25) is 0 Å². The Kier molecular flexibility index (Phi) is 6.61. The highest BCUT2D eigenvalue weighted by Gasteiger charge is 2.21. The molecule has 0 bridgehead atoms. The number of carbonyl (C=O) groups is 1. The van der Waals surface area contributed by atoms with E-state index < -0.39 is 15.9 Å². The van der Waals surface area contributed by atoms with Gasteiger partial charge in [0.05, 0.1) is 15.5 Å². The van der Waals surface area contributed by atoms with Gasteiger partial charge >= 0.3 is 0 Å². The molecule has 1 amide bonds. The normalized spacial score (nSPS) is 11.4. The van der Waals surface area contributed by atoms with E-state index in [0.717, 1.165) is 38.7 Å². The summed E-state index contributed by atoms with van der Waals surface area (Å²) in [4.78, 5) is 21.7. The molecule has 0 radical (unpaired) electrons. The lowest BCUT2D eigenvalue weighted by molar-refractivity contribution is 0.0985. The maximum Gasteiger partial charge on any atom is 0.275 e. The Labute approximate surface area is 231 Å². The minimum atomic E-state index is -4.10. The Balaban J connectivity index is 1.20. The van der Waals surface area contributed by atoms with Gasteiger partial charge in [0, 0.05) is 27.6 Å². The quantitative estimate of drug-likeness (QED) is 0.237. The van der Waals surface area contributed by atoms with Crippen LogP contribution in [-0.4, -0.2) is 29.4 Å². The lowest BCUT2D eigenvalue weighted by atomic mass is 10.1. The molecule has 6 aromatic rings. The Morgan fingerprint density at radius 3 is 2.31 bits per heavy atom. The summed E-state index contributed by atoms with van der Waals surface area (Å²) in [5, 5.41) is 8.74. The third kappa shape index (κ3) is 5.28. The molecule has 0 aliphatic heterocycles. The van der Waals surface area contributed by atoms with Crippen molar-refractivity contribution >= 4 is 38.6 Å². The lowest BCUT2D eigenvalue weighted by Crippen LogP contribution is -2.30. The van der Waals surface area contributed by atoms with Gasteiger partial charge in [-0.25, -0.2) is 18.1 Å². The van der Waals surface area contributed by atoms with E-state index >= 15 is 0 Å². The molecule has 192 valence electrons. The third-order valence-corrected chi connectivity index (χ3v) is 8.84. The number of rotatable bonds is 7. The van der Waals surface area contributed by atoms with Crippen molar-refractivity contribution in [3.05, 3.63) is 107 Å². The first-order valence-electron chi connectivity index (χ1n) is 11.6. The zero-order valence-electron chi connectivity index (χ0n) is 20.0. The van der Waals surface area contributed by atoms with Crippen molar-refractivity contribution in [1.82, 2.24) is 19.8 Å². The number of hydrogen-bond donors (Lipinski definition) is 1. The van der Waals surface area contributed by atoms with Crippen LogP contribution in [0.4, 0.5) is 0 Å². The third-order valence-electron chi connectivity index (χ3n) is 5.75. The second-order valence-corrected chi connectivity index (χ2v) is 11.8. The molecule has 3 aromatic carbocycles. The summed E-state index contributed by atoms with van der Waals surface area (Å²) in [7, 11) is -4.10. The van der Waals surface area contributed by atoms with Crippen molar-refractivity contribution in [2.75, 3.05) is 0 Å². The molecule has 0 saturated carbocycles. The van der Waals surface area contributed by atoms with Crippen LogP contribution < -0.4 is 4.72 Å². The van der Waals surface area contributed by atoms with E-state index in [1.165, 1.54) is 12.1 Å². The molecule has 0 saturated heterocycles. The van der Waals surface area contributed by atoms with E-state index in [1.807, 2.05) is 60.0 Å². The van der Waals surface area contributed by atoms with Crippen LogP contribution in [0.15, 0.2) is 111 Å². The molecule has 0 aliphatic rings. The molecule has 11 heteroatoms. The second-order valence-electron chi connectivity index (χ2n) is 8.34. The number of benzene rings is 3. The van der Waals surface area contributed by atoms with Crippen molar-refractivity contribution < 1.29 is 17.7 Å². The molecule has 8 nitrogen and oxygen atoms in total. The second kappa shape index (κ2) is 10.4. The molecular weight excluding hydrogens is 553 g/mol. The number of nitrogens with zero attached hydrogens (tertiary/aromatic N) is 3. The van der Waals surface area contributed by atoms with E-state index in [1.54, 1.807) is 41.0 Å². The summed E-state index contributed by atoms with van der Waals surface area (Å²) in [6.45, 7) is 0. The van der Waals surface area contributed by atoms with Crippen LogP contribution in [0, 0.1) is 0 Å². The van der Waals surface area contributed by atoms with E-state index in [-0.39, 0.29) is 10.8 Å². The summed E-state index contributed by atoms with van der Waals surface area (Å²) in [5.74, 6) is -0.172. The molecule has 39 heavy (non-hydrogen) atoms. The van der Waals surface area contributed by atoms with Crippen LogP contribution in [0.25, 0.3) is 44.7 Å². The first-order chi connectivity index (χ1) is 19.0. The van der Waals surface area contributed by atoms with E-state index in [4.69, 9.17) is 9.51 Å². The fraction of sp³-hybridized carbons (Fsp3) is 0. The van der Waals surface area contributed by atoms with Crippen molar-refractivity contribution in [2.24, 2.45) is 0 Å². The standard InChI is InChI=1S/C28H18N4O4S3/c33-26(24-10-5-15-37-24)32-39(34,35)22-9-4-8-21(16-22)27-30-25(31-36-27)19-13-11-18(12-14-19)23-17-38-28(29-23)20-6-2-1-3-7-20/h1-17H,(H,32,33). The highest BCUT2D eigenvalue weighted by atomic mass is 32.2. The lowest BCUT2D eigenvalue weighted by Gasteiger charge is -2.06. The molecule has 3 aromatic heterocycles. The van der Waals surface area contributed by atoms with Gasteiger partial charge in [-0.2, -0.15) is 4.98 Å². The van der Waals surface area contributed by atoms with Crippen molar-refractivity contribution in [2.45, 2.75) is 4.90 Å². The number of thiophene rings is 1. The average molecular weight is 571 g/mol. The molecule has 6 rings (SSSR count). The van der Waals surface area contributed by atoms with Crippen LogP contribution in [0.5, 0.6) is 0 Å². The number of thiazole rings is 1. The number of hydrogen-bond acceptors (Lipinski definition) is 9. The summed E-state index contributed by atoms with van der Waals surface area (Å²) < 4.78 is 33.1. The largest absolute Gasteiger partial charge is 0.334 e. The summed E-state index contributed by atoms with van der Waals surface area (Å²) in [5.41, 5.74) is 4.06. The SMILES string of the molecule is O=C(NS(=O)(=O)c1cccc(-c2nc(-c3ccc(-c4csc(-c5ccccc5)n4)cc3)no2)c1)c1cccs1. The smallest absolute Gasteiger partial charge is 0.275 e. The summed E-state index contributed by atoms with van der Waals surface area (Å²) in [6, 6.07) is 26.9. The van der Waals surface area contributed by atoms with Gasteiger partial charge in [-0.05, 0) is 29.6 Å². The number of carbonyl (C=O) groups excluding carboxylic acids is 1. The van der Waals surface area contributed by atoms with Crippen molar-refractivity contribution in [3.63, 3.8) is 0 Å². The fourth-order valence-corrected chi connectivity index (χ4v) is 6.33. The zero-order chi connectivity index (χ0) is 26.8. The Morgan fingerprint density at radius 1 is 0.769 bits per heavy atom. The molecule has 0 spiro atoms. The van der Waals surface area contributed by atoms with Crippen molar-refractivity contribution in [1.29, 1.82) is 0 Å². The molecule has 0 aliphatic carbocycles. The highest BCUT2D eigenvalue weighted by Crippen LogP contribution is 2.30. The highest BCUT2D eigenvalue weighted by molar-refractivity contribution is 7.90. The Hall–Kier alpha value is -4.45. The van der Waals surface area contributed by atoms with Gasteiger partial charge in [0.1, 0.15) is 5.01 Å². The minimum absolute atomic E-state index is 0.0906. The number of aromatic nitrogens is 3. The van der Waals surface area contributed by atoms with Crippen LogP contribution in [0.1, 0.15) is 9.67 Å². The van der Waals surface area contributed by atoms with E-state index in [9.17, 15) is 13.2 Å². The fourth-order valence-electron chi connectivity index (χ4n) is 3.80. The van der Waals surface area contributed by atoms with Crippen LogP contribution in [-0.2, 0) is 10.0 Å². The van der Waals surface area contributed by atoms with Crippen LogP contribution in [0.3, 0.4) is 0 Å². The molecule has 1 N–H and O–H groups in total. The van der Waals surface area contributed by atoms with Gasteiger partial charge in [-0.3, -0.25) is 4.79 Å². The van der Waals surface area contributed by atoms with Gasteiger partial charge in [0.2, 0.25) is 5.82 Å². The van der Waals surface area contributed by atoms with Gasteiger partial charge in [-0.1, -0.05) is 71.9 Å². The maximum atomic E-state index is 12.8. The summed E-state index contributed by atoms with van der Waals surface area (Å²) in [6.07, 6.45) is 0. The van der Waals surface area contributed by atoms with E-state index in [2.05, 4.69) is 14.9 Å². The van der Waals surface area contributed by atoms with Crippen molar-refractivity contribution in [3.8, 4) is 44.7 Å². The number of sulfonamides is 1. The van der Waals surface area contributed by atoms with E-state index in [0.29, 0.717) is 16.3 Å².